The van der Waals surface area contributed by atoms with E-state index in [9.17, 15) is 9.65 Å². The summed E-state index contributed by atoms with van der Waals surface area (Å²) in [4.78, 5) is 2.16. The van der Waals surface area contributed by atoms with Crippen molar-refractivity contribution < 1.29 is 4.39 Å². The highest BCUT2D eigenvalue weighted by Gasteiger charge is 2.32. The third-order valence-electron chi connectivity index (χ3n) is 5.71. The van der Waals surface area contributed by atoms with Crippen LogP contribution in [-0.4, -0.2) is 32.0 Å². The van der Waals surface area contributed by atoms with Crippen LogP contribution in [0.2, 0.25) is 0 Å². The molecule has 0 amide bonds. The Labute approximate surface area is 155 Å². The summed E-state index contributed by atoms with van der Waals surface area (Å²) >= 11 is 0. The quantitative estimate of drug-likeness (QED) is 0.712. The molecule has 1 unspecified atom stereocenters. The van der Waals surface area contributed by atoms with E-state index in [-0.39, 0.29) is 12.1 Å². The van der Waals surface area contributed by atoms with Crippen molar-refractivity contribution in [3.8, 4) is 6.07 Å². The molecule has 0 saturated carbocycles. The number of nitrogens with two attached hydrogens (primary N) is 1. The molecule has 2 atom stereocenters. The predicted octanol–water partition coefficient (Wildman–Crippen LogP) is 1.94. The number of pyridine rings is 1. The lowest BCUT2D eigenvalue weighted by molar-refractivity contribution is 0.423. The van der Waals surface area contributed by atoms with Crippen LogP contribution < -0.4 is 10.6 Å². The molecular weight excluding hydrogens is 345 g/mol. The molecule has 8 heteroatoms. The van der Waals surface area contributed by atoms with Crippen LogP contribution in [0.3, 0.4) is 0 Å². The Morgan fingerprint density at radius 3 is 3.04 bits per heavy atom. The number of aromatic nitrogens is 4. The second-order valence-electron chi connectivity index (χ2n) is 7.52. The highest BCUT2D eigenvalue weighted by Crippen LogP contribution is 2.34. The van der Waals surface area contributed by atoms with E-state index in [0.717, 1.165) is 36.8 Å². The predicted molar refractivity (Wildman–Crippen MR) is 97.9 cm³/mol. The second-order valence-corrected chi connectivity index (χ2v) is 7.52. The van der Waals surface area contributed by atoms with Gasteiger partial charge in [0.05, 0.1) is 35.9 Å². The fraction of sp³-hybridized carbons (Fsp3) is 0.421. The number of anilines is 1. The van der Waals surface area contributed by atoms with Crippen LogP contribution in [0.15, 0.2) is 18.3 Å². The Hall–Kier alpha value is -2.92. The van der Waals surface area contributed by atoms with Crippen LogP contribution in [0.5, 0.6) is 0 Å². The molecule has 5 rings (SSSR count). The molecule has 0 aromatic carbocycles. The maximum absolute atomic E-state index is 14.5. The first kappa shape index (κ1) is 16.3. The summed E-state index contributed by atoms with van der Waals surface area (Å²) in [5.74, 6) is -0.419. The molecule has 7 nitrogen and oxygen atoms in total. The van der Waals surface area contributed by atoms with Crippen molar-refractivity contribution in [2.75, 3.05) is 11.4 Å². The highest BCUT2D eigenvalue weighted by atomic mass is 19.1. The first-order valence-electron chi connectivity index (χ1n) is 9.22. The summed E-state index contributed by atoms with van der Waals surface area (Å²) < 4.78 is 18.0. The summed E-state index contributed by atoms with van der Waals surface area (Å²) in [6.45, 7) is 3.49. The molecule has 4 heterocycles. The SMILES string of the molecule is C[C@@H]1CN(c2ccc(C#N)n3ncc(F)c23)Cc2c3c(nn21)CCC(N)C3. The van der Waals surface area contributed by atoms with Gasteiger partial charge in [0.25, 0.3) is 0 Å². The van der Waals surface area contributed by atoms with Crippen molar-refractivity contribution in [3.63, 3.8) is 0 Å². The molecule has 0 spiro atoms. The maximum atomic E-state index is 14.5. The van der Waals surface area contributed by atoms with E-state index in [4.69, 9.17) is 10.8 Å². The van der Waals surface area contributed by atoms with Gasteiger partial charge >= 0.3 is 0 Å². The van der Waals surface area contributed by atoms with E-state index in [1.165, 1.54) is 15.8 Å². The van der Waals surface area contributed by atoms with Gasteiger partial charge in [-0.25, -0.2) is 8.91 Å². The van der Waals surface area contributed by atoms with E-state index in [1.807, 2.05) is 6.07 Å². The molecule has 2 aliphatic rings. The first-order chi connectivity index (χ1) is 13.1. The summed E-state index contributed by atoms with van der Waals surface area (Å²) in [5.41, 5.74) is 11.2. The fourth-order valence-corrected chi connectivity index (χ4v) is 4.43. The number of hydrogen-bond acceptors (Lipinski definition) is 5. The Kier molecular flexibility index (Phi) is 3.49. The average Bonchev–Trinajstić information content (AvgIpc) is 3.23. The number of fused-ring (bicyclic) bond motifs is 4. The van der Waals surface area contributed by atoms with Crippen molar-refractivity contribution in [2.24, 2.45) is 5.73 Å². The van der Waals surface area contributed by atoms with Crippen molar-refractivity contribution in [3.05, 3.63) is 46.8 Å². The van der Waals surface area contributed by atoms with Crippen LogP contribution in [0.25, 0.3) is 5.52 Å². The monoisotopic (exact) mass is 365 g/mol. The van der Waals surface area contributed by atoms with Crippen LogP contribution in [-0.2, 0) is 19.4 Å². The number of halogens is 1. The molecule has 0 bridgehead atoms. The minimum absolute atomic E-state index is 0.164. The number of aryl methyl sites for hydroxylation is 1. The minimum atomic E-state index is -0.419. The number of nitriles is 1. The van der Waals surface area contributed by atoms with Gasteiger partial charge in [-0.2, -0.15) is 15.5 Å². The summed E-state index contributed by atoms with van der Waals surface area (Å²) in [6.07, 6.45) is 3.90. The van der Waals surface area contributed by atoms with Crippen LogP contribution in [0.1, 0.15) is 42.0 Å². The Morgan fingerprint density at radius 2 is 2.22 bits per heavy atom. The molecule has 3 aromatic heterocycles. The fourth-order valence-electron chi connectivity index (χ4n) is 4.43. The van der Waals surface area contributed by atoms with Crippen LogP contribution in [0, 0.1) is 17.1 Å². The van der Waals surface area contributed by atoms with E-state index >= 15 is 0 Å². The van der Waals surface area contributed by atoms with E-state index < -0.39 is 5.82 Å². The van der Waals surface area contributed by atoms with Gasteiger partial charge in [-0.15, -0.1) is 0 Å². The molecule has 0 saturated heterocycles. The Bertz CT molecular complexity index is 1090. The molecule has 2 N–H and O–H groups in total. The maximum Gasteiger partial charge on any atom is 0.171 e. The zero-order valence-corrected chi connectivity index (χ0v) is 15.1. The van der Waals surface area contributed by atoms with E-state index in [0.29, 0.717) is 24.3 Å². The van der Waals surface area contributed by atoms with E-state index in [2.05, 4.69) is 27.7 Å². The molecule has 0 radical (unpaired) electrons. The third-order valence-corrected chi connectivity index (χ3v) is 5.71. The van der Waals surface area contributed by atoms with Crippen LogP contribution >= 0.6 is 0 Å². The van der Waals surface area contributed by atoms with Gasteiger partial charge in [0.1, 0.15) is 17.3 Å². The smallest absolute Gasteiger partial charge is 0.171 e. The van der Waals surface area contributed by atoms with Gasteiger partial charge < -0.3 is 10.6 Å². The summed E-state index contributed by atoms with van der Waals surface area (Å²) in [6, 6.07) is 5.91. The van der Waals surface area contributed by atoms with Crippen molar-refractivity contribution in [2.45, 2.75) is 44.8 Å². The number of nitrogens with zero attached hydrogens (tertiary/aromatic N) is 6. The lowest BCUT2D eigenvalue weighted by Crippen LogP contribution is -2.37. The average molecular weight is 365 g/mol. The molecule has 138 valence electrons. The van der Waals surface area contributed by atoms with Gasteiger partial charge in [0, 0.05) is 12.6 Å². The Balaban J connectivity index is 1.62. The summed E-state index contributed by atoms with van der Waals surface area (Å²) in [7, 11) is 0. The molecule has 1 aliphatic heterocycles. The standard InChI is InChI=1S/C19H20FN7/c1-11-9-25(10-18-14-6-12(22)2-4-16(14)24-26(11)18)17-5-3-13(7-21)27-19(17)15(20)8-23-27/h3,5,8,11-12H,2,4,6,9-10,22H2,1H3/t11-,12?/m1/s1. The zero-order chi connectivity index (χ0) is 18.7. The molecule has 1 aliphatic carbocycles. The first-order valence-corrected chi connectivity index (χ1v) is 9.22. The topological polar surface area (TPSA) is 88.2 Å². The second kappa shape index (κ2) is 5.79. The number of rotatable bonds is 1. The highest BCUT2D eigenvalue weighted by molar-refractivity contribution is 5.75. The van der Waals surface area contributed by atoms with Crippen LogP contribution in [0.4, 0.5) is 10.1 Å². The molecule has 3 aromatic rings. The van der Waals surface area contributed by atoms with Gasteiger partial charge in [-0.1, -0.05) is 0 Å². The Morgan fingerprint density at radius 1 is 1.37 bits per heavy atom. The van der Waals surface area contributed by atoms with Crippen molar-refractivity contribution >= 4 is 11.2 Å². The number of hydrogen-bond donors (Lipinski definition) is 1. The minimum Gasteiger partial charge on any atom is -0.362 e. The van der Waals surface area contributed by atoms with Gasteiger partial charge in [-0.05, 0) is 43.9 Å². The van der Waals surface area contributed by atoms with Crippen molar-refractivity contribution in [1.29, 1.82) is 5.26 Å². The lowest BCUT2D eigenvalue weighted by Gasteiger charge is -2.35. The molecule has 27 heavy (non-hydrogen) atoms. The normalized spacial score (nSPS) is 21.8. The van der Waals surface area contributed by atoms with Gasteiger partial charge in [-0.3, -0.25) is 4.68 Å². The molecular formula is C19H20FN7. The lowest BCUT2D eigenvalue weighted by atomic mass is 9.91. The largest absolute Gasteiger partial charge is 0.362 e. The van der Waals surface area contributed by atoms with Crippen molar-refractivity contribution in [1.82, 2.24) is 19.4 Å². The van der Waals surface area contributed by atoms with Gasteiger partial charge in [0.15, 0.2) is 5.82 Å². The van der Waals surface area contributed by atoms with E-state index in [1.54, 1.807) is 6.07 Å². The zero-order valence-electron chi connectivity index (χ0n) is 15.1. The third kappa shape index (κ3) is 2.35. The summed E-state index contributed by atoms with van der Waals surface area (Å²) in [5, 5.41) is 18.1. The molecule has 0 fully saturated rings. The van der Waals surface area contributed by atoms with Gasteiger partial charge in [0.2, 0.25) is 0 Å².